The molecule has 1 aliphatic carbocycles. The predicted octanol–water partition coefficient (Wildman–Crippen LogP) is 5.11. The maximum atomic E-state index is 13.2. The van der Waals surface area contributed by atoms with Gasteiger partial charge in [0.15, 0.2) is 11.6 Å². The van der Waals surface area contributed by atoms with E-state index in [4.69, 9.17) is 0 Å². The van der Waals surface area contributed by atoms with Gasteiger partial charge in [0, 0.05) is 0 Å². The Kier molecular flexibility index (Phi) is 4.45. The zero-order chi connectivity index (χ0) is 13.0. The molecule has 1 aromatic rings. The quantitative estimate of drug-likeness (QED) is 0.703. The molecule has 0 radical (unpaired) electrons. The molecule has 98 valence electrons. The molecule has 0 aromatic heterocycles. The summed E-state index contributed by atoms with van der Waals surface area (Å²) in [4.78, 5) is 0. The van der Waals surface area contributed by atoms with Gasteiger partial charge in [-0.2, -0.15) is 0 Å². The molecule has 18 heavy (non-hydrogen) atoms. The molecule has 0 N–H and O–H groups in total. The van der Waals surface area contributed by atoms with Crippen molar-refractivity contribution in [1.82, 2.24) is 0 Å². The van der Waals surface area contributed by atoms with Crippen molar-refractivity contribution in [2.45, 2.75) is 38.0 Å². The van der Waals surface area contributed by atoms with E-state index in [1.54, 1.807) is 12.1 Å². The van der Waals surface area contributed by atoms with Crippen molar-refractivity contribution in [3.8, 4) is 0 Å². The lowest BCUT2D eigenvalue weighted by Crippen LogP contribution is -2.13. The van der Waals surface area contributed by atoms with Gasteiger partial charge in [-0.25, -0.2) is 13.2 Å². The maximum Gasteiger partial charge on any atom is 0.159 e. The van der Waals surface area contributed by atoms with Crippen molar-refractivity contribution < 1.29 is 13.2 Å². The number of hydrogen-bond donors (Lipinski definition) is 0. The van der Waals surface area contributed by atoms with Gasteiger partial charge in [-0.05, 0) is 61.6 Å². The molecule has 2 rings (SSSR count). The first-order valence-electron chi connectivity index (χ1n) is 6.41. The van der Waals surface area contributed by atoms with Gasteiger partial charge < -0.3 is 0 Å². The number of allylic oxidation sites excluding steroid dienone is 1. The van der Waals surface area contributed by atoms with Gasteiger partial charge in [-0.3, -0.25) is 0 Å². The minimum atomic E-state index is -0.791. The fourth-order valence-electron chi connectivity index (χ4n) is 2.74. The van der Waals surface area contributed by atoms with Crippen molar-refractivity contribution in [3.63, 3.8) is 0 Å². The van der Waals surface area contributed by atoms with Crippen LogP contribution in [-0.2, 0) is 0 Å². The smallest absolute Gasteiger partial charge is 0.159 e. The van der Waals surface area contributed by atoms with E-state index < -0.39 is 11.6 Å². The summed E-state index contributed by atoms with van der Waals surface area (Å²) in [6.45, 7) is 0. The summed E-state index contributed by atoms with van der Waals surface area (Å²) in [5.74, 6) is -0.722. The van der Waals surface area contributed by atoms with Gasteiger partial charge in [0.05, 0.1) is 6.33 Å². The molecule has 1 aliphatic rings. The van der Waals surface area contributed by atoms with E-state index >= 15 is 0 Å². The zero-order valence-electron chi connectivity index (χ0n) is 10.2. The summed E-state index contributed by atoms with van der Waals surface area (Å²) < 4.78 is 37.9. The van der Waals surface area contributed by atoms with E-state index in [-0.39, 0.29) is 0 Å². The Morgan fingerprint density at radius 2 is 1.78 bits per heavy atom. The Labute approximate surface area is 106 Å². The minimum Gasteiger partial charge on any atom is -0.216 e. The monoisotopic (exact) mass is 254 g/mol. The van der Waals surface area contributed by atoms with Crippen LogP contribution in [0.1, 0.15) is 43.6 Å². The van der Waals surface area contributed by atoms with Crippen LogP contribution in [0, 0.1) is 17.6 Å². The molecule has 0 heterocycles. The molecule has 0 unspecified atom stereocenters. The first-order chi connectivity index (χ1) is 8.70. The molecular formula is C15H17F3. The van der Waals surface area contributed by atoms with Crippen molar-refractivity contribution >= 4 is 0 Å². The molecule has 0 atom stereocenters. The Morgan fingerprint density at radius 3 is 2.39 bits per heavy atom. The molecule has 0 nitrogen and oxygen atoms in total. The highest BCUT2D eigenvalue weighted by atomic mass is 19.2. The summed E-state index contributed by atoms with van der Waals surface area (Å²) >= 11 is 0. The first-order valence-corrected chi connectivity index (χ1v) is 6.41. The van der Waals surface area contributed by atoms with Crippen LogP contribution in [0.15, 0.2) is 30.6 Å². The molecule has 3 heteroatoms. The van der Waals surface area contributed by atoms with Crippen molar-refractivity contribution in [3.05, 3.63) is 47.8 Å². The standard InChI is InChI=1S/C15H17F3/c16-9-1-2-11-3-5-12(6-4-11)13-7-8-14(17)15(18)10-13/h1,7-12H,2-6H2/b9-1+. The van der Waals surface area contributed by atoms with Crippen molar-refractivity contribution in [2.75, 3.05) is 0 Å². The third-order valence-corrected chi connectivity index (χ3v) is 3.82. The second kappa shape index (κ2) is 6.07. The Morgan fingerprint density at radius 1 is 1.06 bits per heavy atom. The lowest BCUT2D eigenvalue weighted by atomic mass is 9.77. The van der Waals surface area contributed by atoms with Crippen LogP contribution >= 0.6 is 0 Å². The third-order valence-electron chi connectivity index (χ3n) is 3.82. The molecule has 0 bridgehead atoms. The number of rotatable bonds is 3. The Bertz CT molecular complexity index is 418. The summed E-state index contributed by atoms with van der Waals surface area (Å²) in [5.41, 5.74) is 0.883. The van der Waals surface area contributed by atoms with Gasteiger partial charge >= 0.3 is 0 Å². The largest absolute Gasteiger partial charge is 0.216 e. The Hall–Kier alpha value is -1.25. The van der Waals surface area contributed by atoms with Crippen LogP contribution in [0.25, 0.3) is 0 Å². The fraction of sp³-hybridized carbons (Fsp3) is 0.467. The highest BCUT2D eigenvalue weighted by molar-refractivity contribution is 5.22. The predicted molar refractivity (Wildman–Crippen MR) is 65.9 cm³/mol. The molecule has 1 saturated carbocycles. The van der Waals surface area contributed by atoms with Gasteiger partial charge in [-0.15, -0.1) is 0 Å². The zero-order valence-corrected chi connectivity index (χ0v) is 10.2. The highest BCUT2D eigenvalue weighted by Crippen LogP contribution is 2.37. The summed E-state index contributed by atoms with van der Waals surface area (Å²) in [6, 6.07) is 4.18. The second-order valence-corrected chi connectivity index (χ2v) is 4.99. The van der Waals surface area contributed by atoms with Crippen LogP contribution in [0.2, 0.25) is 0 Å². The van der Waals surface area contributed by atoms with E-state index in [1.807, 2.05) is 0 Å². The van der Waals surface area contributed by atoms with Crippen LogP contribution in [-0.4, -0.2) is 0 Å². The lowest BCUT2D eigenvalue weighted by Gasteiger charge is -2.28. The van der Waals surface area contributed by atoms with Gasteiger partial charge in [0.25, 0.3) is 0 Å². The molecule has 0 saturated heterocycles. The average Bonchev–Trinajstić information content (AvgIpc) is 2.40. The summed E-state index contributed by atoms with van der Waals surface area (Å²) in [6.07, 6.45) is 6.92. The van der Waals surface area contributed by atoms with Crippen LogP contribution in [0.3, 0.4) is 0 Å². The van der Waals surface area contributed by atoms with E-state index in [2.05, 4.69) is 0 Å². The molecular weight excluding hydrogens is 237 g/mol. The van der Waals surface area contributed by atoms with E-state index in [0.717, 1.165) is 37.7 Å². The van der Waals surface area contributed by atoms with Crippen LogP contribution < -0.4 is 0 Å². The Balaban J connectivity index is 1.94. The van der Waals surface area contributed by atoms with Crippen LogP contribution in [0.4, 0.5) is 13.2 Å². The molecule has 0 aliphatic heterocycles. The van der Waals surface area contributed by atoms with Crippen molar-refractivity contribution in [2.24, 2.45) is 5.92 Å². The number of hydrogen-bond acceptors (Lipinski definition) is 0. The van der Waals surface area contributed by atoms with Crippen molar-refractivity contribution in [1.29, 1.82) is 0 Å². The molecule has 0 amide bonds. The van der Waals surface area contributed by atoms with Gasteiger partial charge in [0.1, 0.15) is 0 Å². The molecule has 0 spiro atoms. The number of benzene rings is 1. The van der Waals surface area contributed by atoms with E-state index in [1.165, 1.54) is 12.1 Å². The fourth-order valence-corrected chi connectivity index (χ4v) is 2.74. The van der Waals surface area contributed by atoms with E-state index in [9.17, 15) is 13.2 Å². The first kappa shape index (κ1) is 13.2. The van der Waals surface area contributed by atoms with Crippen LogP contribution in [0.5, 0.6) is 0 Å². The average molecular weight is 254 g/mol. The topological polar surface area (TPSA) is 0 Å². The number of halogens is 3. The highest BCUT2D eigenvalue weighted by Gasteiger charge is 2.22. The normalized spacial score (nSPS) is 24.6. The summed E-state index contributed by atoms with van der Waals surface area (Å²) in [5, 5.41) is 0. The third kappa shape index (κ3) is 3.15. The van der Waals surface area contributed by atoms with E-state index in [0.29, 0.717) is 18.2 Å². The molecule has 1 fully saturated rings. The minimum absolute atomic E-state index is 0.311. The van der Waals surface area contributed by atoms with Gasteiger partial charge in [-0.1, -0.05) is 12.1 Å². The maximum absolute atomic E-state index is 13.2. The SMILES string of the molecule is F/C=C/CC1CCC(c2ccc(F)c(F)c2)CC1. The summed E-state index contributed by atoms with van der Waals surface area (Å²) in [7, 11) is 0. The lowest BCUT2D eigenvalue weighted by molar-refractivity contribution is 0.327. The second-order valence-electron chi connectivity index (χ2n) is 4.99. The molecule has 1 aromatic carbocycles. The van der Waals surface area contributed by atoms with Gasteiger partial charge in [0.2, 0.25) is 0 Å².